The molecule has 3 aromatic rings. The third-order valence-electron chi connectivity index (χ3n) is 2.74. The molecule has 2 aromatic heterocycles. The number of para-hydroxylation sites is 1. The summed E-state index contributed by atoms with van der Waals surface area (Å²) in [4.78, 5) is 4.76. The van der Waals surface area contributed by atoms with E-state index in [1.54, 1.807) is 11.3 Å². The molecule has 1 aromatic carbocycles. The van der Waals surface area contributed by atoms with Crippen molar-refractivity contribution >= 4 is 38.2 Å². The van der Waals surface area contributed by atoms with Crippen molar-refractivity contribution in [1.29, 1.82) is 0 Å². The summed E-state index contributed by atoms with van der Waals surface area (Å²) in [6, 6.07) is 10.6. The Morgan fingerprint density at radius 1 is 1.19 bits per heavy atom. The summed E-state index contributed by atoms with van der Waals surface area (Å²) in [6.45, 7) is 2.13. The van der Waals surface area contributed by atoms with Gasteiger partial charge in [-0.3, -0.25) is 0 Å². The molecule has 1 N–H and O–H groups in total. The molecule has 0 atom stereocenters. The van der Waals surface area contributed by atoms with Crippen LogP contribution >= 0.6 is 27.3 Å². The second-order valence-electron chi connectivity index (χ2n) is 3.76. The van der Waals surface area contributed by atoms with E-state index >= 15 is 0 Å². The van der Waals surface area contributed by atoms with Crippen LogP contribution in [0.4, 0.5) is 0 Å². The van der Waals surface area contributed by atoms with E-state index in [9.17, 15) is 0 Å². The summed E-state index contributed by atoms with van der Waals surface area (Å²) in [5.74, 6) is 0. The van der Waals surface area contributed by atoms with Crippen LogP contribution in [0.15, 0.2) is 40.2 Å². The molecule has 0 radical (unpaired) electrons. The van der Waals surface area contributed by atoms with Crippen molar-refractivity contribution in [3.8, 4) is 10.4 Å². The number of rotatable bonds is 1. The topological polar surface area (TPSA) is 15.8 Å². The third kappa shape index (κ3) is 1.43. The lowest BCUT2D eigenvalue weighted by molar-refractivity contribution is 1.30. The lowest BCUT2D eigenvalue weighted by atomic mass is 10.1. The highest BCUT2D eigenvalue weighted by molar-refractivity contribution is 9.10. The Morgan fingerprint density at radius 3 is 2.81 bits per heavy atom. The van der Waals surface area contributed by atoms with Crippen LogP contribution in [-0.2, 0) is 0 Å². The molecule has 0 fully saturated rings. The Kier molecular flexibility index (Phi) is 2.37. The molecule has 0 bridgehead atoms. The Bertz CT molecular complexity index is 637. The maximum atomic E-state index is 3.58. The second-order valence-corrected chi connectivity index (χ2v) is 5.57. The number of aromatic amines is 1. The van der Waals surface area contributed by atoms with Gasteiger partial charge in [0.15, 0.2) is 0 Å². The largest absolute Gasteiger partial charge is 0.357 e. The Balaban J connectivity index is 2.41. The van der Waals surface area contributed by atoms with Crippen molar-refractivity contribution in [2.45, 2.75) is 6.92 Å². The zero-order valence-corrected chi connectivity index (χ0v) is 11.2. The minimum absolute atomic E-state index is 1.12. The molecule has 0 spiro atoms. The number of aromatic nitrogens is 1. The first-order valence-corrected chi connectivity index (χ1v) is 6.75. The zero-order chi connectivity index (χ0) is 11.1. The first-order valence-electron chi connectivity index (χ1n) is 5.08. The van der Waals surface area contributed by atoms with E-state index < -0.39 is 0 Å². The molecule has 0 aliphatic heterocycles. The van der Waals surface area contributed by atoms with Crippen molar-refractivity contribution < 1.29 is 0 Å². The second kappa shape index (κ2) is 3.75. The lowest BCUT2D eigenvalue weighted by Gasteiger charge is -1.97. The van der Waals surface area contributed by atoms with E-state index in [0.717, 1.165) is 4.47 Å². The van der Waals surface area contributed by atoms with Gasteiger partial charge >= 0.3 is 0 Å². The molecule has 0 saturated heterocycles. The first-order chi connectivity index (χ1) is 7.77. The van der Waals surface area contributed by atoms with Crippen molar-refractivity contribution in [1.82, 2.24) is 4.98 Å². The van der Waals surface area contributed by atoms with Gasteiger partial charge in [0, 0.05) is 26.0 Å². The van der Waals surface area contributed by atoms with Crippen molar-refractivity contribution in [2.24, 2.45) is 0 Å². The predicted molar refractivity (Wildman–Crippen MR) is 74.0 cm³/mol. The molecular weight excluding hydrogens is 282 g/mol. The van der Waals surface area contributed by atoms with Crippen LogP contribution in [0, 0.1) is 6.92 Å². The molecule has 0 unspecified atom stereocenters. The van der Waals surface area contributed by atoms with Crippen LogP contribution in [0.5, 0.6) is 0 Å². The van der Waals surface area contributed by atoms with E-state index in [0.29, 0.717) is 0 Å². The molecule has 16 heavy (non-hydrogen) atoms. The molecule has 0 aliphatic rings. The molecule has 0 aliphatic carbocycles. The molecule has 2 heterocycles. The van der Waals surface area contributed by atoms with Crippen LogP contribution in [0.1, 0.15) is 5.69 Å². The number of benzene rings is 1. The number of halogens is 1. The fourth-order valence-electron chi connectivity index (χ4n) is 2.05. The predicted octanol–water partition coefficient (Wildman–Crippen LogP) is 4.97. The SMILES string of the molecule is Cc1[nH]c2c(Br)cccc2c1-c1cccs1. The minimum atomic E-state index is 1.12. The summed E-state index contributed by atoms with van der Waals surface area (Å²) in [7, 11) is 0. The highest BCUT2D eigenvalue weighted by atomic mass is 79.9. The van der Waals surface area contributed by atoms with Crippen LogP contribution in [0.25, 0.3) is 21.3 Å². The molecule has 3 rings (SSSR count). The number of fused-ring (bicyclic) bond motifs is 1. The van der Waals surface area contributed by atoms with Crippen molar-refractivity contribution in [3.63, 3.8) is 0 Å². The fourth-order valence-corrected chi connectivity index (χ4v) is 3.36. The van der Waals surface area contributed by atoms with E-state index in [-0.39, 0.29) is 0 Å². The molecule has 1 nitrogen and oxygen atoms in total. The number of H-pyrrole nitrogens is 1. The number of nitrogens with one attached hydrogen (secondary N) is 1. The smallest absolute Gasteiger partial charge is 0.0607 e. The molecule has 3 heteroatoms. The zero-order valence-electron chi connectivity index (χ0n) is 8.75. The van der Waals surface area contributed by atoms with Gasteiger partial charge < -0.3 is 4.98 Å². The third-order valence-corrected chi connectivity index (χ3v) is 4.29. The molecule has 80 valence electrons. The maximum absolute atomic E-state index is 3.58. The van der Waals surface area contributed by atoms with Gasteiger partial charge in [0.2, 0.25) is 0 Å². The first kappa shape index (κ1) is 10.1. The van der Waals surface area contributed by atoms with E-state index in [1.165, 1.54) is 27.0 Å². The van der Waals surface area contributed by atoms with Gasteiger partial charge in [-0.2, -0.15) is 0 Å². The van der Waals surface area contributed by atoms with Crippen LogP contribution in [0.2, 0.25) is 0 Å². The van der Waals surface area contributed by atoms with E-state index in [2.05, 4.69) is 63.5 Å². The lowest BCUT2D eigenvalue weighted by Crippen LogP contribution is -1.73. The number of hydrogen-bond acceptors (Lipinski definition) is 1. The van der Waals surface area contributed by atoms with Gasteiger partial charge in [0.1, 0.15) is 0 Å². The van der Waals surface area contributed by atoms with Crippen LogP contribution in [-0.4, -0.2) is 4.98 Å². The van der Waals surface area contributed by atoms with Crippen molar-refractivity contribution in [2.75, 3.05) is 0 Å². The molecular formula is C13H10BrNS. The summed E-state index contributed by atoms with van der Waals surface area (Å²) < 4.78 is 1.12. The van der Waals surface area contributed by atoms with Gasteiger partial charge in [-0.1, -0.05) is 18.2 Å². The number of hydrogen-bond donors (Lipinski definition) is 1. The average Bonchev–Trinajstić information content (AvgIpc) is 2.85. The minimum Gasteiger partial charge on any atom is -0.357 e. The van der Waals surface area contributed by atoms with E-state index in [1.807, 2.05) is 0 Å². The number of aryl methyl sites for hydroxylation is 1. The van der Waals surface area contributed by atoms with Crippen LogP contribution < -0.4 is 0 Å². The highest BCUT2D eigenvalue weighted by Gasteiger charge is 2.12. The monoisotopic (exact) mass is 291 g/mol. The molecule has 0 saturated carbocycles. The quantitative estimate of drug-likeness (QED) is 0.652. The standard InChI is InChI=1S/C13H10BrNS/c1-8-12(11-6-3-7-16-11)9-4-2-5-10(14)13(9)15-8/h2-7,15H,1H3. The van der Waals surface area contributed by atoms with Gasteiger partial charge in [0.25, 0.3) is 0 Å². The maximum Gasteiger partial charge on any atom is 0.0607 e. The summed E-state index contributed by atoms with van der Waals surface area (Å²) in [5, 5.41) is 3.40. The Hall–Kier alpha value is -1.06. The van der Waals surface area contributed by atoms with Gasteiger partial charge in [-0.25, -0.2) is 0 Å². The van der Waals surface area contributed by atoms with Gasteiger partial charge in [-0.15, -0.1) is 11.3 Å². The van der Waals surface area contributed by atoms with Gasteiger partial charge in [0.05, 0.1) is 5.52 Å². The van der Waals surface area contributed by atoms with Crippen molar-refractivity contribution in [3.05, 3.63) is 45.9 Å². The number of thiophene rings is 1. The Morgan fingerprint density at radius 2 is 2.06 bits per heavy atom. The summed E-state index contributed by atoms with van der Waals surface area (Å²) in [5.41, 5.74) is 3.74. The Labute approximate surface area is 106 Å². The highest BCUT2D eigenvalue weighted by Crippen LogP contribution is 2.37. The van der Waals surface area contributed by atoms with Gasteiger partial charge in [-0.05, 0) is 40.4 Å². The van der Waals surface area contributed by atoms with Crippen LogP contribution in [0.3, 0.4) is 0 Å². The fraction of sp³-hybridized carbons (Fsp3) is 0.0769. The summed E-state index contributed by atoms with van der Waals surface area (Å²) >= 11 is 5.36. The summed E-state index contributed by atoms with van der Waals surface area (Å²) in [6.07, 6.45) is 0. The average molecular weight is 292 g/mol. The normalized spacial score (nSPS) is 11.1. The molecule has 0 amide bonds. The van der Waals surface area contributed by atoms with E-state index in [4.69, 9.17) is 0 Å².